The Labute approximate surface area is 144 Å². The molecule has 0 aromatic carbocycles. The van der Waals surface area contributed by atoms with E-state index in [-0.39, 0.29) is 5.69 Å². The van der Waals surface area contributed by atoms with Crippen LogP contribution in [0.25, 0.3) is 22.6 Å². The normalized spacial score (nSPS) is 11.6. The molecule has 126 valence electrons. The molecule has 0 amide bonds. The van der Waals surface area contributed by atoms with Crippen LogP contribution in [0.4, 0.5) is 4.39 Å². The van der Waals surface area contributed by atoms with E-state index >= 15 is 0 Å². The van der Waals surface area contributed by atoms with Crippen molar-refractivity contribution in [2.45, 2.75) is 26.7 Å². The minimum Gasteiger partial charge on any atom is -0.306 e. The van der Waals surface area contributed by atoms with Crippen molar-refractivity contribution in [2.24, 2.45) is 0 Å². The second-order valence-corrected chi connectivity index (χ2v) is 6.25. The van der Waals surface area contributed by atoms with E-state index in [0.29, 0.717) is 11.6 Å². The summed E-state index contributed by atoms with van der Waals surface area (Å²) >= 11 is 0. The summed E-state index contributed by atoms with van der Waals surface area (Å²) in [4.78, 5) is 8.27. The maximum atomic E-state index is 13.9. The fourth-order valence-corrected chi connectivity index (χ4v) is 2.79. The third kappa shape index (κ3) is 2.57. The van der Waals surface area contributed by atoms with Crippen molar-refractivity contribution in [2.75, 3.05) is 0 Å². The average molecular weight is 336 g/mol. The van der Waals surface area contributed by atoms with E-state index in [2.05, 4.69) is 34.1 Å². The molecule has 6 nitrogen and oxygen atoms in total. The molecule has 0 aliphatic rings. The van der Waals surface area contributed by atoms with Crippen molar-refractivity contribution in [3.05, 3.63) is 60.2 Å². The first kappa shape index (κ1) is 15.4. The minimum atomic E-state index is -0.575. The Balaban J connectivity index is 1.80. The summed E-state index contributed by atoms with van der Waals surface area (Å²) in [7, 11) is 0. The second kappa shape index (κ2) is 5.77. The Morgan fingerprint density at radius 1 is 1.12 bits per heavy atom. The monoisotopic (exact) mass is 336 g/mol. The van der Waals surface area contributed by atoms with Gasteiger partial charge < -0.3 is 4.40 Å². The van der Waals surface area contributed by atoms with Gasteiger partial charge >= 0.3 is 0 Å². The quantitative estimate of drug-likeness (QED) is 0.537. The van der Waals surface area contributed by atoms with Gasteiger partial charge in [0.2, 0.25) is 5.95 Å². The Hall–Kier alpha value is -3.09. The largest absolute Gasteiger partial charge is 0.306 e. The van der Waals surface area contributed by atoms with Crippen LogP contribution < -0.4 is 0 Å². The SMILES string of the molecule is Cc1c(-c2ccc3nc(C(C)C)cn3c2)nnn1-c1cccnc1F. The molecule has 0 N–H and O–H groups in total. The number of halogens is 1. The van der Waals surface area contributed by atoms with Crippen LogP contribution in [-0.2, 0) is 0 Å². The molecule has 0 unspecified atom stereocenters. The predicted octanol–water partition coefficient (Wildman–Crippen LogP) is 3.55. The number of fused-ring (bicyclic) bond motifs is 1. The number of hydrogen-bond donors (Lipinski definition) is 0. The summed E-state index contributed by atoms with van der Waals surface area (Å²) in [6.07, 6.45) is 5.39. The van der Waals surface area contributed by atoms with Crippen molar-refractivity contribution >= 4 is 5.65 Å². The van der Waals surface area contributed by atoms with Crippen LogP contribution in [-0.4, -0.2) is 29.4 Å². The average Bonchev–Trinajstić information content (AvgIpc) is 3.18. The number of pyridine rings is 2. The number of imidazole rings is 1. The lowest BCUT2D eigenvalue weighted by atomic mass is 10.1. The number of aromatic nitrogens is 6. The molecule has 4 aromatic rings. The minimum absolute atomic E-state index is 0.282. The van der Waals surface area contributed by atoms with Gasteiger partial charge in [-0.05, 0) is 37.1 Å². The van der Waals surface area contributed by atoms with Crippen molar-refractivity contribution in [1.29, 1.82) is 0 Å². The van der Waals surface area contributed by atoms with Gasteiger partial charge in [-0.25, -0.2) is 14.6 Å². The fraction of sp³-hybridized carbons (Fsp3) is 0.222. The van der Waals surface area contributed by atoms with Crippen molar-refractivity contribution in [3.63, 3.8) is 0 Å². The van der Waals surface area contributed by atoms with Crippen LogP contribution in [0, 0.1) is 12.9 Å². The zero-order valence-corrected chi connectivity index (χ0v) is 14.2. The predicted molar refractivity (Wildman–Crippen MR) is 92.1 cm³/mol. The van der Waals surface area contributed by atoms with Gasteiger partial charge in [-0.2, -0.15) is 4.39 Å². The lowest BCUT2D eigenvalue weighted by molar-refractivity contribution is 0.564. The van der Waals surface area contributed by atoms with Gasteiger partial charge in [0.1, 0.15) is 17.0 Å². The van der Waals surface area contributed by atoms with Crippen molar-refractivity contribution < 1.29 is 4.39 Å². The molecule has 0 radical (unpaired) electrons. The molecule has 4 aromatic heterocycles. The molecule has 0 fully saturated rings. The highest BCUT2D eigenvalue weighted by molar-refractivity contribution is 5.63. The van der Waals surface area contributed by atoms with Crippen molar-refractivity contribution in [3.8, 4) is 16.9 Å². The molecule has 4 heterocycles. The molecule has 0 saturated carbocycles. The van der Waals surface area contributed by atoms with Gasteiger partial charge in [-0.1, -0.05) is 19.1 Å². The van der Waals surface area contributed by atoms with Gasteiger partial charge in [0, 0.05) is 24.2 Å². The molecular weight excluding hydrogens is 319 g/mol. The lowest BCUT2D eigenvalue weighted by Crippen LogP contribution is -2.03. The zero-order chi connectivity index (χ0) is 17.6. The molecule has 7 heteroatoms. The van der Waals surface area contributed by atoms with E-state index in [9.17, 15) is 4.39 Å². The highest BCUT2D eigenvalue weighted by Gasteiger charge is 2.16. The summed E-state index contributed by atoms with van der Waals surface area (Å²) in [6.45, 7) is 6.08. The summed E-state index contributed by atoms with van der Waals surface area (Å²) < 4.78 is 17.4. The Morgan fingerprint density at radius 2 is 1.96 bits per heavy atom. The first-order valence-electron chi connectivity index (χ1n) is 8.07. The molecule has 25 heavy (non-hydrogen) atoms. The van der Waals surface area contributed by atoms with Crippen LogP contribution >= 0.6 is 0 Å². The fourth-order valence-electron chi connectivity index (χ4n) is 2.79. The second-order valence-electron chi connectivity index (χ2n) is 6.25. The summed E-state index contributed by atoms with van der Waals surface area (Å²) in [6, 6.07) is 7.20. The first-order chi connectivity index (χ1) is 12.0. The standard InChI is InChI=1S/C18H17FN6/c1-11(2)14-10-24-9-13(6-7-16(24)21-14)17-12(3)25(23-22-17)15-5-4-8-20-18(15)19/h4-11H,1-3H3. The summed E-state index contributed by atoms with van der Waals surface area (Å²) in [5, 5.41) is 8.34. The van der Waals surface area contributed by atoms with E-state index in [1.54, 1.807) is 12.1 Å². The van der Waals surface area contributed by atoms with E-state index in [1.165, 1.54) is 10.9 Å². The van der Waals surface area contributed by atoms with Gasteiger partial charge in [0.15, 0.2) is 0 Å². The Kier molecular flexibility index (Phi) is 3.56. The Bertz CT molecular complexity index is 1060. The van der Waals surface area contributed by atoms with Gasteiger partial charge in [-0.3, -0.25) is 0 Å². The zero-order valence-electron chi connectivity index (χ0n) is 14.2. The van der Waals surface area contributed by atoms with E-state index in [0.717, 1.165) is 22.6 Å². The van der Waals surface area contributed by atoms with Crippen LogP contribution in [0.15, 0.2) is 42.9 Å². The van der Waals surface area contributed by atoms with Crippen LogP contribution in [0.5, 0.6) is 0 Å². The van der Waals surface area contributed by atoms with Crippen LogP contribution in [0.1, 0.15) is 31.2 Å². The van der Waals surface area contributed by atoms with Crippen LogP contribution in [0.3, 0.4) is 0 Å². The first-order valence-corrected chi connectivity index (χ1v) is 8.07. The molecule has 0 aliphatic carbocycles. The van der Waals surface area contributed by atoms with Gasteiger partial charge in [0.25, 0.3) is 0 Å². The maximum absolute atomic E-state index is 13.9. The molecule has 0 atom stereocenters. The number of nitrogens with zero attached hydrogens (tertiary/aromatic N) is 6. The maximum Gasteiger partial charge on any atom is 0.238 e. The topological polar surface area (TPSA) is 60.9 Å². The number of hydrogen-bond acceptors (Lipinski definition) is 4. The van der Waals surface area contributed by atoms with Crippen LogP contribution in [0.2, 0.25) is 0 Å². The number of rotatable bonds is 3. The van der Waals surface area contributed by atoms with Gasteiger partial charge in [0.05, 0.1) is 11.4 Å². The van der Waals surface area contributed by atoms with E-state index in [1.807, 2.05) is 35.9 Å². The molecule has 0 spiro atoms. The molecule has 0 bridgehead atoms. The Morgan fingerprint density at radius 3 is 2.72 bits per heavy atom. The van der Waals surface area contributed by atoms with Gasteiger partial charge in [-0.15, -0.1) is 5.10 Å². The van der Waals surface area contributed by atoms with E-state index in [4.69, 9.17) is 0 Å². The molecule has 4 rings (SSSR count). The smallest absolute Gasteiger partial charge is 0.238 e. The van der Waals surface area contributed by atoms with Crippen molar-refractivity contribution in [1.82, 2.24) is 29.4 Å². The molecule has 0 aliphatic heterocycles. The third-order valence-corrected chi connectivity index (χ3v) is 4.20. The third-order valence-electron chi connectivity index (χ3n) is 4.20. The lowest BCUT2D eigenvalue weighted by Gasteiger charge is -2.04. The highest BCUT2D eigenvalue weighted by atomic mass is 19.1. The van der Waals surface area contributed by atoms with E-state index < -0.39 is 5.95 Å². The molecule has 0 saturated heterocycles. The summed E-state index contributed by atoms with van der Waals surface area (Å²) in [5.41, 5.74) is 4.55. The molecular formula is C18H17FN6. The summed E-state index contributed by atoms with van der Waals surface area (Å²) in [5.74, 6) is -0.215. The highest BCUT2D eigenvalue weighted by Crippen LogP contribution is 2.24.